The molecule has 0 atom stereocenters. The number of benzene rings is 13. The molecule has 388 valence electrons. The summed E-state index contributed by atoms with van der Waals surface area (Å²) in [7, 11) is 0. The SMILES string of the molecule is c1ccc(-c2ccc(-c3ccc(N(c4ccc(-c5ccc6c(c5)C5(c7ccccc7Oc7ccccc75)c5ccccc5-6)cc4)c4ccccc4-c4ccc5c(c4)-c4ccccc4C54c5ccccc5Oc5ccccc54)cc3)cc2)cc1. The summed E-state index contributed by atoms with van der Waals surface area (Å²) in [5.74, 6) is 3.56. The van der Waals surface area contributed by atoms with Crippen LogP contribution in [0.4, 0.5) is 17.1 Å². The second-order valence-electron chi connectivity index (χ2n) is 22.2. The van der Waals surface area contributed by atoms with Gasteiger partial charge in [0.05, 0.1) is 16.5 Å². The van der Waals surface area contributed by atoms with Gasteiger partial charge in [-0.3, -0.25) is 0 Å². The molecule has 13 aromatic carbocycles. The Balaban J connectivity index is 0.803. The van der Waals surface area contributed by atoms with Crippen LogP contribution in [0.25, 0.3) is 66.8 Å². The van der Waals surface area contributed by atoms with E-state index < -0.39 is 10.8 Å². The fraction of sp³-hybridized carbons (Fsp3) is 0.0250. The van der Waals surface area contributed by atoms with E-state index in [1.807, 2.05) is 0 Å². The highest BCUT2D eigenvalue weighted by Gasteiger charge is 2.52. The molecule has 0 radical (unpaired) electrons. The van der Waals surface area contributed by atoms with Crippen LogP contribution >= 0.6 is 0 Å². The van der Waals surface area contributed by atoms with Crippen molar-refractivity contribution in [1.29, 1.82) is 0 Å². The largest absolute Gasteiger partial charge is 0.457 e. The summed E-state index contributed by atoms with van der Waals surface area (Å²) >= 11 is 0. The molecule has 0 unspecified atom stereocenters. The predicted molar refractivity (Wildman–Crippen MR) is 338 cm³/mol. The van der Waals surface area contributed by atoms with Crippen molar-refractivity contribution >= 4 is 17.1 Å². The van der Waals surface area contributed by atoms with Crippen molar-refractivity contribution in [2.24, 2.45) is 0 Å². The van der Waals surface area contributed by atoms with Gasteiger partial charge in [0.2, 0.25) is 0 Å². The maximum Gasteiger partial charge on any atom is 0.132 e. The molecule has 0 N–H and O–H groups in total. The Labute approximate surface area is 483 Å². The van der Waals surface area contributed by atoms with Crippen LogP contribution in [-0.2, 0) is 10.8 Å². The Morgan fingerprint density at radius 1 is 0.205 bits per heavy atom. The molecule has 0 saturated heterocycles. The predicted octanol–water partition coefficient (Wildman–Crippen LogP) is 20.8. The zero-order chi connectivity index (χ0) is 54.6. The summed E-state index contributed by atoms with van der Waals surface area (Å²) in [5, 5.41) is 0. The fourth-order valence-electron chi connectivity index (χ4n) is 14.5. The molecular formula is C80H51NO2. The highest BCUT2D eigenvalue weighted by Crippen LogP contribution is 2.64. The quantitative estimate of drug-likeness (QED) is 0.159. The highest BCUT2D eigenvalue weighted by atomic mass is 16.5. The van der Waals surface area contributed by atoms with Crippen molar-refractivity contribution in [1.82, 2.24) is 0 Å². The number of rotatable bonds is 7. The van der Waals surface area contributed by atoms with Gasteiger partial charge in [0.25, 0.3) is 0 Å². The van der Waals surface area contributed by atoms with E-state index in [2.05, 4.69) is 314 Å². The molecular weight excluding hydrogens is 1010 g/mol. The topological polar surface area (TPSA) is 21.7 Å². The number of ether oxygens (including phenoxy) is 2. The average molecular weight is 1060 g/mol. The van der Waals surface area contributed by atoms with E-state index in [1.54, 1.807) is 0 Å². The molecule has 2 aliphatic carbocycles. The van der Waals surface area contributed by atoms with Gasteiger partial charge in [-0.05, 0) is 150 Å². The molecule has 17 rings (SSSR count). The summed E-state index contributed by atoms with van der Waals surface area (Å²) in [5.41, 5.74) is 26.1. The van der Waals surface area contributed by atoms with Crippen molar-refractivity contribution in [3.63, 3.8) is 0 Å². The molecule has 2 heterocycles. The van der Waals surface area contributed by atoms with E-state index in [9.17, 15) is 0 Å². The molecule has 0 amide bonds. The molecule has 3 nitrogen and oxygen atoms in total. The second-order valence-corrected chi connectivity index (χ2v) is 22.2. The Kier molecular flexibility index (Phi) is 10.4. The van der Waals surface area contributed by atoms with Crippen molar-refractivity contribution in [3.05, 3.63) is 354 Å². The summed E-state index contributed by atoms with van der Waals surface area (Å²) in [6.07, 6.45) is 0. The second kappa shape index (κ2) is 18.4. The normalized spacial score (nSPS) is 13.7. The molecule has 3 heteroatoms. The van der Waals surface area contributed by atoms with E-state index >= 15 is 0 Å². The maximum atomic E-state index is 6.67. The zero-order valence-electron chi connectivity index (χ0n) is 45.2. The molecule has 83 heavy (non-hydrogen) atoms. The number of para-hydroxylation sites is 5. The van der Waals surface area contributed by atoms with E-state index in [-0.39, 0.29) is 0 Å². The molecule has 0 aromatic heterocycles. The molecule has 2 spiro atoms. The minimum absolute atomic E-state index is 0.546. The third kappa shape index (κ3) is 6.92. The molecule has 2 aliphatic heterocycles. The summed E-state index contributed by atoms with van der Waals surface area (Å²) in [6.45, 7) is 0. The van der Waals surface area contributed by atoms with Crippen molar-refractivity contribution in [2.75, 3.05) is 4.90 Å². The molecule has 0 fully saturated rings. The third-order valence-corrected chi connectivity index (χ3v) is 18.1. The van der Waals surface area contributed by atoms with Crippen LogP contribution in [0, 0.1) is 0 Å². The smallest absolute Gasteiger partial charge is 0.132 e. The standard InChI is InChI=1S/C80H51NO2/c1-2-18-52(19-3-1)53-34-36-54(37-35-53)55-38-44-59(45-39-55)81(60-46-40-56(41-47-60)57-42-48-64-62-21-4-7-23-66(62)80(73(64)51-57)71-27-11-16-32-77(71)83-78-33-17-12-28-72(78)80)74-29-13-6-20-61(74)58-43-49-68-65(50-58)63-22-5-8-24-67(63)79(68)69-25-9-14-30-75(69)82-76-31-15-10-26-70(76)79/h1-51H. The van der Waals surface area contributed by atoms with Crippen LogP contribution in [-0.4, -0.2) is 0 Å². The first-order valence-electron chi connectivity index (χ1n) is 28.6. The maximum absolute atomic E-state index is 6.67. The first-order chi connectivity index (χ1) is 41.1. The van der Waals surface area contributed by atoms with Crippen LogP contribution in [0.2, 0.25) is 0 Å². The van der Waals surface area contributed by atoms with Gasteiger partial charge in [-0.25, -0.2) is 0 Å². The Hall–Kier alpha value is -10.7. The molecule has 4 aliphatic rings. The van der Waals surface area contributed by atoms with Gasteiger partial charge in [0.1, 0.15) is 23.0 Å². The Morgan fingerprint density at radius 2 is 0.542 bits per heavy atom. The van der Waals surface area contributed by atoms with Gasteiger partial charge in [0, 0.05) is 39.2 Å². The summed E-state index contributed by atoms with van der Waals surface area (Å²) < 4.78 is 13.3. The van der Waals surface area contributed by atoms with E-state index in [0.717, 1.165) is 90.1 Å². The lowest BCUT2D eigenvalue weighted by atomic mass is 9.66. The van der Waals surface area contributed by atoms with E-state index in [1.165, 1.54) is 61.2 Å². The van der Waals surface area contributed by atoms with Crippen LogP contribution in [0.15, 0.2) is 309 Å². The number of hydrogen-bond acceptors (Lipinski definition) is 3. The first kappa shape index (κ1) is 47.1. The van der Waals surface area contributed by atoms with Gasteiger partial charge >= 0.3 is 0 Å². The molecule has 0 saturated carbocycles. The van der Waals surface area contributed by atoms with Gasteiger partial charge < -0.3 is 14.4 Å². The van der Waals surface area contributed by atoms with Gasteiger partial charge in [-0.1, -0.05) is 243 Å². The average Bonchev–Trinajstić information content (AvgIpc) is 1.74. The minimum Gasteiger partial charge on any atom is -0.457 e. The minimum atomic E-state index is -0.552. The van der Waals surface area contributed by atoms with E-state index in [0.29, 0.717) is 0 Å². The van der Waals surface area contributed by atoms with E-state index in [4.69, 9.17) is 9.47 Å². The van der Waals surface area contributed by atoms with Gasteiger partial charge in [-0.15, -0.1) is 0 Å². The Morgan fingerprint density at radius 3 is 1.06 bits per heavy atom. The zero-order valence-corrected chi connectivity index (χ0v) is 45.2. The van der Waals surface area contributed by atoms with Gasteiger partial charge in [0.15, 0.2) is 0 Å². The first-order valence-corrected chi connectivity index (χ1v) is 28.6. The van der Waals surface area contributed by atoms with Crippen LogP contribution in [0.1, 0.15) is 44.5 Å². The van der Waals surface area contributed by atoms with Crippen molar-refractivity contribution in [3.8, 4) is 89.8 Å². The monoisotopic (exact) mass is 1060 g/mol. The van der Waals surface area contributed by atoms with Crippen LogP contribution in [0.5, 0.6) is 23.0 Å². The Bertz CT molecular complexity index is 4640. The molecule has 0 bridgehead atoms. The lowest BCUT2D eigenvalue weighted by Crippen LogP contribution is -2.32. The van der Waals surface area contributed by atoms with Gasteiger partial charge in [-0.2, -0.15) is 0 Å². The number of anilines is 3. The number of hydrogen-bond donors (Lipinski definition) is 0. The summed E-state index contributed by atoms with van der Waals surface area (Å²) in [4.78, 5) is 2.43. The number of nitrogens with zero attached hydrogens (tertiary/aromatic N) is 1. The highest BCUT2D eigenvalue weighted by molar-refractivity contribution is 5.95. The lowest BCUT2D eigenvalue weighted by Gasteiger charge is -2.39. The van der Waals surface area contributed by atoms with Crippen LogP contribution in [0.3, 0.4) is 0 Å². The number of fused-ring (bicyclic) bond motifs is 18. The van der Waals surface area contributed by atoms with Crippen molar-refractivity contribution < 1.29 is 9.47 Å². The third-order valence-electron chi connectivity index (χ3n) is 18.1. The van der Waals surface area contributed by atoms with Crippen molar-refractivity contribution in [2.45, 2.75) is 10.8 Å². The summed E-state index contributed by atoms with van der Waals surface area (Å²) in [6, 6.07) is 113. The lowest BCUT2D eigenvalue weighted by molar-refractivity contribution is 0.436. The van der Waals surface area contributed by atoms with Crippen LogP contribution < -0.4 is 14.4 Å². The molecule has 13 aromatic rings. The fourth-order valence-corrected chi connectivity index (χ4v) is 14.5.